The van der Waals surface area contributed by atoms with E-state index in [-0.39, 0.29) is 12.1 Å². The van der Waals surface area contributed by atoms with Crippen LogP contribution in [0.4, 0.5) is 5.13 Å². The molecule has 0 amide bonds. The molecule has 1 saturated heterocycles. The van der Waals surface area contributed by atoms with Gasteiger partial charge >= 0.3 is 5.97 Å². The Morgan fingerprint density at radius 2 is 2.35 bits per heavy atom. The minimum Gasteiger partial charge on any atom is -0.477 e. The highest BCUT2D eigenvalue weighted by Crippen LogP contribution is 2.30. The number of anilines is 1. The zero-order chi connectivity index (χ0) is 12.6. The van der Waals surface area contributed by atoms with Crippen molar-refractivity contribution in [3.63, 3.8) is 0 Å². The van der Waals surface area contributed by atoms with Crippen molar-refractivity contribution in [2.24, 2.45) is 0 Å². The third kappa shape index (κ3) is 2.28. The van der Waals surface area contributed by atoms with Gasteiger partial charge in [0.1, 0.15) is 4.88 Å². The van der Waals surface area contributed by atoms with E-state index in [2.05, 4.69) is 4.98 Å². The first-order valence-corrected chi connectivity index (χ1v) is 6.37. The highest BCUT2D eigenvalue weighted by Gasteiger charge is 2.30. The molecule has 1 aliphatic heterocycles. The molecule has 2 unspecified atom stereocenters. The summed E-state index contributed by atoms with van der Waals surface area (Å²) in [5, 5.41) is 9.76. The quantitative estimate of drug-likeness (QED) is 0.893. The van der Waals surface area contributed by atoms with Gasteiger partial charge in [0.05, 0.1) is 17.8 Å². The van der Waals surface area contributed by atoms with Crippen LogP contribution >= 0.6 is 11.3 Å². The highest BCUT2D eigenvalue weighted by atomic mass is 32.1. The van der Waals surface area contributed by atoms with Crippen molar-refractivity contribution in [1.82, 2.24) is 4.98 Å². The van der Waals surface area contributed by atoms with Crippen LogP contribution in [-0.4, -0.2) is 41.9 Å². The third-order valence-electron chi connectivity index (χ3n) is 3.11. The zero-order valence-corrected chi connectivity index (χ0v) is 11.0. The van der Waals surface area contributed by atoms with E-state index in [1.165, 1.54) is 11.3 Å². The van der Waals surface area contributed by atoms with Gasteiger partial charge in [-0.2, -0.15) is 0 Å². The molecule has 1 fully saturated rings. The molecule has 2 rings (SSSR count). The molecular formula is C11H16N2O3S. The number of ether oxygens (including phenoxy) is 1. The van der Waals surface area contributed by atoms with Gasteiger partial charge in [0.25, 0.3) is 0 Å². The summed E-state index contributed by atoms with van der Waals surface area (Å²) in [6.45, 7) is 4.52. The first-order chi connectivity index (χ1) is 8.00. The van der Waals surface area contributed by atoms with Gasteiger partial charge in [-0.1, -0.05) is 11.3 Å². The lowest BCUT2D eigenvalue weighted by atomic mass is 10.1. The number of aromatic nitrogens is 1. The molecule has 1 aliphatic rings. The van der Waals surface area contributed by atoms with Crippen LogP contribution in [0.3, 0.4) is 0 Å². The minimum absolute atomic E-state index is 0.164. The molecule has 0 radical (unpaired) electrons. The Morgan fingerprint density at radius 1 is 1.65 bits per heavy atom. The van der Waals surface area contributed by atoms with E-state index < -0.39 is 5.97 Å². The second-order valence-corrected chi connectivity index (χ2v) is 5.24. The standard InChI is InChI=1S/C11H16N2O3S/c1-6-9(10(14)15)17-11(12-6)13(3)8-4-5-16-7(8)2/h7-8H,4-5H2,1-3H3,(H,14,15). The number of hydrogen-bond acceptors (Lipinski definition) is 5. The normalized spacial score (nSPS) is 23.9. The van der Waals surface area contributed by atoms with Gasteiger partial charge in [0, 0.05) is 13.7 Å². The van der Waals surface area contributed by atoms with E-state index >= 15 is 0 Å². The fraction of sp³-hybridized carbons (Fsp3) is 0.636. The number of hydrogen-bond donors (Lipinski definition) is 1. The predicted molar refractivity (Wildman–Crippen MR) is 66.0 cm³/mol. The predicted octanol–water partition coefficient (Wildman–Crippen LogP) is 1.76. The van der Waals surface area contributed by atoms with Crippen LogP contribution in [0.2, 0.25) is 0 Å². The summed E-state index contributed by atoms with van der Waals surface area (Å²) in [6, 6.07) is 0.280. The van der Waals surface area contributed by atoms with Crippen LogP contribution in [0.5, 0.6) is 0 Å². The largest absolute Gasteiger partial charge is 0.477 e. The number of rotatable bonds is 3. The van der Waals surface area contributed by atoms with Crippen LogP contribution in [0.15, 0.2) is 0 Å². The third-order valence-corrected chi connectivity index (χ3v) is 4.35. The topological polar surface area (TPSA) is 62.7 Å². The van der Waals surface area contributed by atoms with Crippen molar-refractivity contribution in [3.05, 3.63) is 10.6 Å². The van der Waals surface area contributed by atoms with Crippen molar-refractivity contribution in [3.8, 4) is 0 Å². The smallest absolute Gasteiger partial charge is 0.347 e. The molecule has 1 aromatic rings. The number of carboxylic acids is 1. The summed E-state index contributed by atoms with van der Waals surface area (Å²) in [5.74, 6) is -0.907. The lowest BCUT2D eigenvalue weighted by Crippen LogP contribution is -2.36. The number of carbonyl (C=O) groups is 1. The van der Waals surface area contributed by atoms with Crippen molar-refractivity contribution in [2.45, 2.75) is 32.4 Å². The Balaban J connectivity index is 2.22. The zero-order valence-electron chi connectivity index (χ0n) is 10.1. The van der Waals surface area contributed by atoms with E-state index in [1.807, 2.05) is 18.9 Å². The van der Waals surface area contributed by atoms with Gasteiger partial charge in [-0.3, -0.25) is 0 Å². The number of aromatic carboxylic acids is 1. The maximum atomic E-state index is 11.0. The molecule has 2 atom stereocenters. The Bertz CT molecular complexity index is 432. The van der Waals surface area contributed by atoms with Crippen LogP contribution in [-0.2, 0) is 4.74 Å². The Labute approximate surface area is 104 Å². The minimum atomic E-state index is -0.907. The second kappa shape index (κ2) is 4.62. The molecule has 94 valence electrons. The molecule has 1 N–H and O–H groups in total. The van der Waals surface area contributed by atoms with Gasteiger partial charge in [-0.05, 0) is 20.3 Å². The van der Waals surface area contributed by atoms with Gasteiger partial charge in [-0.15, -0.1) is 0 Å². The summed E-state index contributed by atoms with van der Waals surface area (Å²) in [6.07, 6.45) is 1.12. The molecule has 6 heteroatoms. The molecule has 5 nitrogen and oxygen atoms in total. The van der Waals surface area contributed by atoms with Crippen molar-refractivity contribution >= 4 is 22.4 Å². The van der Waals surface area contributed by atoms with Gasteiger partial charge < -0.3 is 14.7 Å². The number of aryl methyl sites for hydroxylation is 1. The number of carboxylic acid groups (broad SMARTS) is 1. The summed E-state index contributed by atoms with van der Waals surface area (Å²) in [7, 11) is 1.94. The first-order valence-electron chi connectivity index (χ1n) is 5.56. The van der Waals surface area contributed by atoms with Gasteiger partial charge in [-0.25, -0.2) is 9.78 Å². The summed E-state index contributed by atoms with van der Waals surface area (Å²) >= 11 is 1.22. The SMILES string of the molecule is Cc1nc(N(C)C2CCOC2C)sc1C(=O)O. The van der Waals surface area contributed by atoms with E-state index in [0.29, 0.717) is 10.6 Å². The van der Waals surface area contributed by atoms with Crippen molar-refractivity contribution in [2.75, 3.05) is 18.6 Å². The maximum absolute atomic E-state index is 11.0. The highest BCUT2D eigenvalue weighted by molar-refractivity contribution is 7.17. The lowest BCUT2D eigenvalue weighted by molar-refractivity contribution is 0.0701. The molecule has 0 aliphatic carbocycles. The Morgan fingerprint density at radius 3 is 2.82 bits per heavy atom. The second-order valence-electron chi connectivity index (χ2n) is 4.26. The number of nitrogens with zero attached hydrogens (tertiary/aromatic N) is 2. The summed E-state index contributed by atoms with van der Waals surface area (Å²) in [5.41, 5.74) is 0.580. The van der Waals surface area contributed by atoms with Crippen LogP contribution in [0.1, 0.15) is 28.7 Å². The van der Waals surface area contributed by atoms with Crippen LogP contribution in [0, 0.1) is 6.92 Å². The average molecular weight is 256 g/mol. The monoisotopic (exact) mass is 256 g/mol. The molecule has 2 heterocycles. The molecule has 0 spiro atoms. The number of thiazole rings is 1. The molecule has 0 saturated carbocycles. The molecule has 0 aromatic carbocycles. The molecule has 1 aromatic heterocycles. The maximum Gasteiger partial charge on any atom is 0.347 e. The molecule has 17 heavy (non-hydrogen) atoms. The van der Waals surface area contributed by atoms with Crippen LogP contribution < -0.4 is 4.90 Å². The van der Waals surface area contributed by atoms with Gasteiger partial charge in [0.2, 0.25) is 0 Å². The van der Waals surface area contributed by atoms with Crippen LogP contribution in [0.25, 0.3) is 0 Å². The van der Waals surface area contributed by atoms with E-state index in [4.69, 9.17) is 9.84 Å². The Kier molecular flexibility index (Phi) is 3.35. The molecular weight excluding hydrogens is 240 g/mol. The average Bonchev–Trinajstić information content (AvgIpc) is 2.83. The van der Waals surface area contributed by atoms with E-state index in [0.717, 1.165) is 18.2 Å². The molecule has 0 bridgehead atoms. The summed E-state index contributed by atoms with van der Waals surface area (Å²) < 4.78 is 5.51. The first kappa shape index (κ1) is 12.3. The van der Waals surface area contributed by atoms with E-state index in [9.17, 15) is 4.79 Å². The van der Waals surface area contributed by atoms with E-state index in [1.54, 1.807) is 6.92 Å². The van der Waals surface area contributed by atoms with Crippen molar-refractivity contribution < 1.29 is 14.6 Å². The number of likely N-dealkylation sites (N-methyl/N-ethyl adjacent to an activating group) is 1. The lowest BCUT2D eigenvalue weighted by Gasteiger charge is -2.25. The fourth-order valence-electron chi connectivity index (χ4n) is 2.10. The van der Waals surface area contributed by atoms with Crippen molar-refractivity contribution in [1.29, 1.82) is 0 Å². The fourth-order valence-corrected chi connectivity index (χ4v) is 3.03. The Hall–Kier alpha value is -1.14. The van der Waals surface area contributed by atoms with Gasteiger partial charge in [0.15, 0.2) is 5.13 Å². The summed E-state index contributed by atoms with van der Waals surface area (Å²) in [4.78, 5) is 17.6.